The lowest BCUT2D eigenvalue weighted by Gasteiger charge is -2.01. The second-order valence-corrected chi connectivity index (χ2v) is 3.01. The molecule has 0 aromatic carbocycles. The van der Waals surface area contributed by atoms with Crippen LogP contribution in [-0.4, -0.2) is 17.3 Å². The molecule has 0 aliphatic heterocycles. The van der Waals surface area contributed by atoms with E-state index < -0.39 is 0 Å². The van der Waals surface area contributed by atoms with Crippen molar-refractivity contribution in [3.05, 3.63) is 23.9 Å². The van der Waals surface area contributed by atoms with Crippen molar-refractivity contribution in [1.29, 1.82) is 0 Å². The highest BCUT2D eigenvalue weighted by molar-refractivity contribution is 5.74. The molecule has 1 aliphatic rings. The smallest absolute Gasteiger partial charge is 0.151 e. The Morgan fingerprint density at radius 3 is 2.83 bits per heavy atom. The Morgan fingerprint density at radius 2 is 2.33 bits per heavy atom. The third-order valence-electron chi connectivity index (χ3n) is 1.85. The predicted molar refractivity (Wildman–Crippen MR) is 46.3 cm³/mol. The number of nitrogens with zero attached hydrogens (tertiary/aromatic N) is 1. The fraction of sp³-hybridized carbons (Fsp3) is 0.333. The van der Waals surface area contributed by atoms with E-state index in [0.717, 1.165) is 12.1 Å². The topological polar surface area (TPSA) is 42.0 Å². The highest BCUT2D eigenvalue weighted by Gasteiger charge is 2.20. The number of rotatable bonds is 3. The Bertz CT molecular complexity index is 277. The molecule has 0 atom stereocenters. The molecule has 1 aromatic rings. The van der Waals surface area contributed by atoms with Gasteiger partial charge in [-0.2, -0.15) is 0 Å². The van der Waals surface area contributed by atoms with Crippen molar-refractivity contribution in [3.8, 4) is 0 Å². The van der Waals surface area contributed by atoms with Gasteiger partial charge in [0.2, 0.25) is 0 Å². The third kappa shape index (κ3) is 1.61. The lowest BCUT2D eigenvalue weighted by Crippen LogP contribution is -2.02. The number of carbonyl (C=O) groups is 1. The van der Waals surface area contributed by atoms with Crippen LogP contribution >= 0.6 is 0 Å². The number of hydrogen-bond donors (Lipinski definition) is 1. The molecule has 0 saturated heterocycles. The van der Waals surface area contributed by atoms with Crippen molar-refractivity contribution in [2.75, 3.05) is 5.32 Å². The van der Waals surface area contributed by atoms with E-state index in [1.54, 1.807) is 12.3 Å². The normalized spacial score (nSPS) is 15.7. The SMILES string of the molecule is O=Cc1ccc(NC2CC2)nc1. The van der Waals surface area contributed by atoms with Crippen LogP contribution in [0.2, 0.25) is 0 Å². The highest BCUT2D eigenvalue weighted by atomic mass is 16.1. The molecule has 12 heavy (non-hydrogen) atoms. The van der Waals surface area contributed by atoms with Crippen LogP contribution in [0.4, 0.5) is 5.82 Å². The number of aldehydes is 1. The van der Waals surface area contributed by atoms with Crippen LogP contribution in [0, 0.1) is 0 Å². The zero-order valence-corrected chi connectivity index (χ0v) is 6.66. The van der Waals surface area contributed by atoms with Gasteiger partial charge in [-0.3, -0.25) is 4.79 Å². The molecule has 1 heterocycles. The van der Waals surface area contributed by atoms with E-state index in [9.17, 15) is 4.79 Å². The second kappa shape index (κ2) is 2.93. The second-order valence-electron chi connectivity index (χ2n) is 3.01. The first kappa shape index (κ1) is 7.28. The van der Waals surface area contributed by atoms with Crippen LogP contribution in [0.15, 0.2) is 18.3 Å². The van der Waals surface area contributed by atoms with E-state index in [1.807, 2.05) is 6.07 Å². The number of anilines is 1. The Morgan fingerprint density at radius 1 is 1.50 bits per heavy atom. The van der Waals surface area contributed by atoms with Crippen molar-refractivity contribution in [2.45, 2.75) is 18.9 Å². The predicted octanol–water partition coefficient (Wildman–Crippen LogP) is 1.47. The quantitative estimate of drug-likeness (QED) is 0.684. The molecular weight excluding hydrogens is 152 g/mol. The van der Waals surface area contributed by atoms with E-state index in [4.69, 9.17) is 0 Å². The fourth-order valence-electron chi connectivity index (χ4n) is 0.997. The van der Waals surface area contributed by atoms with Crippen molar-refractivity contribution in [2.24, 2.45) is 0 Å². The summed E-state index contributed by atoms with van der Waals surface area (Å²) in [5, 5.41) is 3.24. The van der Waals surface area contributed by atoms with Gasteiger partial charge in [0.05, 0.1) is 0 Å². The summed E-state index contributed by atoms with van der Waals surface area (Å²) in [7, 11) is 0. The van der Waals surface area contributed by atoms with Crippen LogP contribution in [0.1, 0.15) is 23.2 Å². The number of carbonyl (C=O) groups excluding carboxylic acids is 1. The number of hydrogen-bond acceptors (Lipinski definition) is 3. The van der Waals surface area contributed by atoms with E-state index >= 15 is 0 Å². The van der Waals surface area contributed by atoms with Gasteiger partial charge < -0.3 is 5.32 Å². The van der Waals surface area contributed by atoms with Gasteiger partial charge in [-0.25, -0.2) is 4.98 Å². The number of nitrogens with one attached hydrogen (secondary N) is 1. The Kier molecular flexibility index (Phi) is 1.78. The van der Waals surface area contributed by atoms with Gasteiger partial charge in [0.15, 0.2) is 6.29 Å². The molecule has 1 N–H and O–H groups in total. The highest BCUT2D eigenvalue weighted by Crippen LogP contribution is 2.23. The molecule has 1 aromatic heterocycles. The molecule has 0 unspecified atom stereocenters. The summed E-state index contributed by atoms with van der Waals surface area (Å²) in [5.74, 6) is 0.864. The first-order chi connectivity index (χ1) is 5.88. The third-order valence-corrected chi connectivity index (χ3v) is 1.85. The average molecular weight is 162 g/mol. The molecular formula is C9H10N2O. The maximum Gasteiger partial charge on any atom is 0.151 e. The molecule has 1 saturated carbocycles. The van der Waals surface area contributed by atoms with Gasteiger partial charge in [0, 0.05) is 17.8 Å². The van der Waals surface area contributed by atoms with Gasteiger partial charge in [-0.1, -0.05) is 0 Å². The van der Waals surface area contributed by atoms with Gasteiger partial charge in [-0.15, -0.1) is 0 Å². The van der Waals surface area contributed by atoms with Crippen molar-refractivity contribution >= 4 is 12.1 Å². The number of pyridine rings is 1. The van der Waals surface area contributed by atoms with Gasteiger partial charge >= 0.3 is 0 Å². The van der Waals surface area contributed by atoms with Gasteiger partial charge in [0.1, 0.15) is 5.82 Å². The minimum absolute atomic E-state index is 0.611. The Labute approximate surface area is 70.8 Å². The maximum atomic E-state index is 10.3. The van der Waals surface area contributed by atoms with E-state index in [1.165, 1.54) is 12.8 Å². The first-order valence-electron chi connectivity index (χ1n) is 4.06. The average Bonchev–Trinajstić information content (AvgIpc) is 2.90. The molecule has 1 fully saturated rings. The Hall–Kier alpha value is -1.38. The van der Waals surface area contributed by atoms with E-state index in [2.05, 4.69) is 10.3 Å². The lowest BCUT2D eigenvalue weighted by molar-refractivity contribution is 0.112. The van der Waals surface area contributed by atoms with Crippen LogP contribution in [0.5, 0.6) is 0 Å². The molecule has 2 rings (SSSR count). The maximum absolute atomic E-state index is 10.3. The summed E-state index contributed by atoms with van der Waals surface area (Å²) in [4.78, 5) is 14.4. The summed E-state index contributed by atoms with van der Waals surface area (Å²) < 4.78 is 0. The van der Waals surface area contributed by atoms with Crippen LogP contribution in [-0.2, 0) is 0 Å². The summed E-state index contributed by atoms with van der Waals surface area (Å²) in [6.45, 7) is 0. The molecule has 0 radical (unpaired) electrons. The molecule has 0 spiro atoms. The van der Waals surface area contributed by atoms with Crippen molar-refractivity contribution < 1.29 is 4.79 Å². The largest absolute Gasteiger partial charge is 0.367 e. The summed E-state index contributed by atoms with van der Waals surface area (Å²) in [5.41, 5.74) is 0.622. The van der Waals surface area contributed by atoms with Gasteiger partial charge in [0.25, 0.3) is 0 Å². The minimum atomic E-state index is 0.611. The molecule has 0 bridgehead atoms. The molecule has 3 nitrogen and oxygen atoms in total. The first-order valence-corrected chi connectivity index (χ1v) is 4.06. The zero-order chi connectivity index (χ0) is 8.39. The molecule has 0 amide bonds. The van der Waals surface area contributed by atoms with Crippen LogP contribution < -0.4 is 5.32 Å². The minimum Gasteiger partial charge on any atom is -0.367 e. The fourth-order valence-corrected chi connectivity index (χ4v) is 0.997. The summed E-state index contributed by atoms with van der Waals surface area (Å²) in [6, 6.07) is 4.21. The van der Waals surface area contributed by atoms with Crippen LogP contribution in [0.25, 0.3) is 0 Å². The molecule has 1 aliphatic carbocycles. The van der Waals surface area contributed by atoms with E-state index in [0.29, 0.717) is 11.6 Å². The monoisotopic (exact) mass is 162 g/mol. The standard InChI is InChI=1S/C9H10N2O/c12-6-7-1-4-9(10-5-7)11-8-2-3-8/h1,4-6,8H,2-3H2,(H,10,11). The Balaban J connectivity index is 2.07. The van der Waals surface area contributed by atoms with E-state index in [-0.39, 0.29) is 0 Å². The summed E-state index contributed by atoms with van der Waals surface area (Å²) >= 11 is 0. The molecule has 62 valence electrons. The molecule has 3 heteroatoms. The zero-order valence-electron chi connectivity index (χ0n) is 6.66. The number of aromatic nitrogens is 1. The lowest BCUT2D eigenvalue weighted by atomic mass is 10.3. The van der Waals surface area contributed by atoms with Crippen LogP contribution in [0.3, 0.4) is 0 Å². The van der Waals surface area contributed by atoms with Crippen molar-refractivity contribution in [1.82, 2.24) is 4.98 Å². The summed E-state index contributed by atoms with van der Waals surface area (Å²) in [6.07, 6.45) is 4.85. The van der Waals surface area contributed by atoms with Gasteiger partial charge in [-0.05, 0) is 25.0 Å². The van der Waals surface area contributed by atoms with Crippen molar-refractivity contribution in [3.63, 3.8) is 0 Å².